The van der Waals surface area contributed by atoms with E-state index in [1.807, 2.05) is 25.1 Å². The van der Waals surface area contributed by atoms with Crippen molar-refractivity contribution in [2.24, 2.45) is 5.92 Å². The van der Waals surface area contributed by atoms with Gasteiger partial charge in [0.2, 0.25) is 0 Å². The van der Waals surface area contributed by atoms with E-state index in [4.69, 9.17) is 9.16 Å². The first-order valence-corrected chi connectivity index (χ1v) is 12.0. The molecule has 0 bridgehead atoms. The van der Waals surface area contributed by atoms with Crippen LogP contribution in [0.25, 0.3) is 6.08 Å². The monoisotopic (exact) mass is 362 g/mol. The molecule has 0 spiro atoms. The maximum atomic E-state index is 12.0. The van der Waals surface area contributed by atoms with Crippen molar-refractivity contribution < 1.29 is 14.0 Å². The van der Waals surface area contributed by atoms with E-state index in [2.05, 4.69) is 65.1 Å². The lowest BCUT2D eigenvalue weighted by Crippen LogP contribution is -2.45. The number of hydrogen-bond acceptors (Lipinski definition) is 3. The third kappa shape index (κ3) is 7.16. The lowest BCUT2D eigenvalue weighted by molar-refractivity contribution is -0.144. The van der Waals surface area contributed by atoms with Crippen molar-refractivity contribution in [1.82, 2.24) is 0 Å². The predicted octanol–water partition coefficient (Wildman–Crippen LogP) is 5.68. The van der Waals surface area contributed by atoms with Crippen LogP contribution in [0.4, 0.5) is 0 Å². The van der Waals surface area contributed by atoms with Crippen molar-refractivity contribution in [2.75, 3.05) is 6.61 Å². The molecule has 0 N–H and O–H groups in total. The van der Waals surface area contributed by atoms with Crippen LogP contribution in [0.1, 0.15) is 46.6 Å². The summed E-state index contributed by atoms with van der Waals surface area (Å²) in [6.07, 6.45) is 4.46. The molecular weight excluding hydrogens is 328 g/mol. The molecule has 1 rings (SSSR count). The average Bonchev–Trinajstić information content (AvgIpc) is 2.51. The molecule has 0 saturated heterocycles. The molecule has 0 radical (unpaired) electrons. The van der Waals surface area contributed by atoms with Gasteiger partial charge in [-0.1, -0.05) is 63.3 Å². The Morgan fingerprint density at radius 2 is 1.80 bits per heavy atom. The molecule has 0 aromatic heterocycles. The van der Waals surface area contributed by atoms with Crippen molar-refractivity contribution in [3.05, 3.63) is 42.0 Å². The highest BCUT2D eigenvalue weighted by Crippen LogP contribution is 2.38. The summed E-state index contributed by atoms with van der Waals surface area (Å²) in [6.45, 7) is 15.5. The largest absolute Gasteiger partial charge is 0.466 e. The molecule has 25 heavy (non-hydrogen) atoms. The number of esters is 1. The van der Waals surface area contributed by atoms with E-state index in [-0.39, 0.29) is 23.0 Å². The first-order chi connectivity index (χ1) is 11.6. The molecule has 0 amide bonds. The molecule has 0 unspecified atom stereocenters. The van der Waals surface area contributed by atoms with Crippen LogP contribution in [-0.2, 0) is 14.0 Å². The van der Waals surface area contributed by atoms with Gasteiger partial charge < -0.3 is 9.16 Å². The first-order valence-electron chi connectivity index (χ1n) is 9.13. The molecular formula is C21H34O3Si. The summed E-state index contributed by atoms with van der Waals surface area (Å²) < 4.78 is 11.7. The van der Waals surface area contributed by atoms with E-state index in [0.29, 0.717) is 13.0 Å². The van der Waals surface area contributed by atoms with Crippen molar-refractivity contribution in [1.29, 1.82) is 0 Å². The second kappa shape index (κ2) is 9.34. The van der Waals surface area contributed by atoms with Gasteiger partial charge >= 0.3 is 5.97 Å². The number of benzene rings is 1. The summed E-state index contributed by atoms with van der Waals surface area (Å²) >= 11 is 0. The molecule has 0 saturated carbocycles. The zero-order chi connectivity index (χ0) is 19.1. The minimum atomic E-state index is -1.89. The second-order valence-electron chi connectivity index (χ2n) is 8.03. The summed E-state index contributed by atoms with van der Waals surface area (Å²) in [5.74, 6) is -0.177. The van der Waals surface area contributed by atoms with Crippen LogP contribution in [0.15, 0.2) is 36.4 Å². The van der Waals surface area contributed by atoms with E-state index in [1.54, 1.807) is 0 Å². The molecule has 4 heteroatoms. The first kappa shape index (κ1) is 21.6. The highest BCUT2D eigenvalue weighted by atomic mass is 28.4. The SMILES string of the molecule is CCOC(=O)C[C@@H](/C=C/c1ccccc1)[C@H](C)O[Si](C)(C)C(C)(C)C. The summed E-state index contributed by atoms with van der Waals surface area (Å²) in [6, 6.07) is 10.1. The number of carbonyl (C=O) groups excluding carboxylic acids is 1. The van der Waals surface area contributed by atoms with E-state index >= 15 is 0 Å². The van der Waals surface area contributed by atoms with Crippen LogP contribution in [-0.4, -0.2) is 27.0 Å². The van der Waals surface area contributed by atoms with E-state index in [0.717, 1.165) is 5.56 Å². The van der Waals surface area contributed by atoms with Crippen molar-refractivity contribution in [3.63, 3.8) is 0 Å². The minimum Gasteiger partial charge on any atom is -0.466 e. The third-order valence-electron chi connectivity index (χ3n) is 4.93. The van der Waals surface area contributed by atoms with Gasteiger partial charge in [-0.25, -0.2) is 0 Å². The van der Waals surface area contributed by atoms with Gasteiger partial charge in [0, 0.05) is 12.0 Å². The van der Waals surface area contributed by atoms with Crippen LogP contribution in [0, 0.1) is 5.92 Å². The molecule has 0 heterocycles. The van der Waals surface area contributed by atoms with Gasteiger partial charge in [0.1, 0.15) is 0 Å². The average molecular weight is 363 g/mol. The van der Waals surface area contributed by atoms with E-state index in [9.17, 15) is 4.79 Å². The molecule has 1 aromatic rings. The lowest BCUT2D eigenvalue weighted by atomic mass is 9.98. The molecule has 0 aliphatic carbocycles. The van der Waals surface area contributed by atoms with Crippen molar-refractivity contribution in [3.8, 4) is 0 Å². The second-order valence-corrected chi connectivity index (χ2v) is 12.8. The van der Waals surface area contributed by atoms with Crippen molar-refractivity contribution >= 4 is 20.4 Å². The quantitative estimate of drug-likeness (QED) is 0.441. The van der Waals surface area contributed by atoms with Crippen LogP contribution in [0.5, 0.6) is 0 Å². The van der Waals surface area contributed by atoms with Crippen molar-refractivity contribution in [2.45, 2.75) is 65.3 Å². The number of carbonyl (C=O) groups is 1. The molecule has 1 aromatic carbocycles. The van der Waals surface area contributed by atoms with Gasteiger partial charge in [-0.05, 0) is 37.5 Å². The normalized spacial score (nSPS) is 15.2. The van der Waals surface area contributed by atoms with E-state index < -0.39 is 8.32 Å². The van der Waals surface area contributed by atoms with Gasteiger partial charge in [0.25, 0.3) is 0 Å². The summed E-state index contributed by atoms with van der Waals surface area (Å²) in [5.41, 5.74) is 1.12. The number of rotatable bonds is 8. The molecule has 0 aliphatic heterocycles. The van der Waals surface area contributed by atoms with Crippen LogP contribution < -0.4 is 0 Å². The highest BCUT2D eigenvalue weighted by Gasteiger charge is 2.39. The molecule has 3 nitrogen and oxygen atoms in total. The fourth-order valence-electron chi connectivity index (χ4n) is 2.33. The Hall–Kier alpha value is -1.39. The van der Waals surface area contributed by atoms with Gasteiger partial charge in [0.15, 0.2) is 8.32 Å². The molecule has 0 fully saturated rings. The standard InChI is InChI=1S/C21H34O3Si/c1-8-23-20(22)16-19(15-14-18-12-10-9-11-13-18)17(2)24-25(6,7)21(3,4)5/h9-15,17,19H,8,16H2,1-7H3/b15-14+/t17-,19+/m0/s1. The summed E-state index contributed by atoms with van der Waals surface area (Å²) in [7, 11) is -1.89. The topological polar surface area (TPSA) is 35.5 Å². The number of hydrogen-bond donors (Lipinski definition) is 0. The van der Waals surface area contributed by atoms with Crippen LogP contribution >= 0.6 is 0 Å². The molecule has 0 aliphatic rings. The fourth-order valence-corrected chi connectivity index (χ4v) is 3.79. The van der Waals surface area contributed by atoms with Crippen LogP contribution in [0.2, 0.25) is 18.1 Å². The van der Waals surface area contributed by atoms with E-state index in [1.165, 1.54) is 0 Å². The van der Waals surface area contributed by atoms with Gasteiger partial charge in [-0.15, -0.1) is 0 Å². The fraction of sp³-hybridized carbons (Fsp3) is 0.571. The Labute approximate surface area is 154 Å². The highest BCUT2D eigenvalue weighted by molar-refractivity contribution is 6.74. The Kier molecular flexibility index (Phi) is 8.09. The Balaban J connectivity index is 2.93. The summed E-state index contributed by atoms with van der Waals surface area (Å²) in [4.78, 5) is 12.0. The van der Waals surface area contributed by atoms with Gasteiger partial charge in [-0.2, -0.15) is 0 Å². The Morgan fingerprint density at radius 3 is 2.32 bits per heavy atom. The Morgan fingerprint density at radius 1 is 1.20 bits per heavy atom. The number of ether oxygens (including phenoxy) is 1. The summed E-state index contributed by atoms with van der Waals surface area (Å²) in [5, 5.41) is 0.138. The maximum absolute atomic E-state index is 12.0. The maximum Gasteiger partial charge on any atom is 0.306 e. The van der Waals surface area contributed by atoms with Gasteiger partial charge in [-0.3, -0.25) is 4.79 Å². The third-order valence-corrected chi connectivity index (χ3v) is 9.51. The van der Waals surface area contributed by atoms with Crippen LogP contribution in [0.3, 0.4) is 0 Å². The minimum absolute atomic E-state index is 0.00613. The smallest absolute Gasteiger partial charge is 0.306 e. The molecule has 140 valence electrons. The predicted molar refractivity (Wildman–Crippen MR) is 108 cm³/mol. The zero-order valence-electron chi connectivity index (χ0n) is 16.8. The Bertz CT molecular complexity index is 558. The lowest BCUT2D eigenvalue weighted by Gasteiger charge is -2.40. The van der Waals surface area contributed by atoms with Gasteiger partial charge in [0.05, 0.1) is 13.0 Å². The zero-order valence-corrected chi connectivity index (χ0v) is 17.8. The molecule has 2 atom stereocenters.